The topological polar surface area (TPSA) is 63.3 Å². The van der Waals surface area contributed by atoms with Gasteiger partial charge in [0.1, 0.15) is 5.82 Å². The number of hydrogen-bond donors (Lipinski definition) is 2. The maximum Gasteiger partial charge on any atom is 0.338 e. The van der Waals surface area contributed by atoms with Gasteiger partial charge in [-0.1, -0.05) is 12.1 Å². The Kier molecular flexibility index (Phi) is 4.29. The van der Waals surface area contributed by atoms with Crippen LogP contribution in [0.3, 0.4) is 0 Å². The fraction of sp³-hybridized carbons (Fsp3) is 0.133. The first-order valence-corrected chi connectivity index (χ1v) is 6.96. The number of carboxylic acids is 1. The molecule has 0 bridgehead atoms. The van der Waals surface area contributed by atoms with Gasteiger partial charge in [0.25, 0.3) is 0 Å². The Morgan fingerprint density at radius 2 is 2.05 bits per heavy atom. The van der Waals surface area contributed by atoms with Crippen molar-refractivity contribution in [3.8, 4) is 0 Å². The summed E-state index contributed by atoms with van der Waals surface area (Å²) >= 11 is 1.54. The highest BCUT2D eigenvalue weighted by Crippen LogP contribution is 2.28. The van der Waals surface area contributed by atoms with Gasteiger partial charge in [-0.3, -0.25) is 0 Å². The number of carboxylic acid groups (broad SMARTS) is 1. The molecule has 20 heavy (non-hydrogen) atoms. The zero-order valence-electron chi connectivity index (χ0n) is 10.9. The minimum atomic E-state index is -1.26. The van der Waals surface area contributed by atoms with Crippen LogP contribution in [0, 0.1) is 12.7 Å². The minimum absolute atomic E-state index is 0.307. The highest BCUT2D eigenvalue weighted by atomic mass is 32.2. The maximum absolute atomic E-state index is 13.6. The Morgan fingerprint density at radius 1 is 1.30 bits per heavy atom. The van der Waals surface area contributed by atoms with Gasteiger partial charge in [-0.2, -0.15) is 0 Å². The van der Waals surface area contributed by atoms with Crippen LogP contribution in [-0.4, -0.2) is 11.1 Å². The lowest BCUT2D eigenvalue weighted by atomic mass is 10.1. The van der Waals surface area contributed by atoms with Crippen LogP contribution >= 0.6 is 11.8 Å². The van der Waals surface area contributed by atoms with Crippen molar-refractivity contribution in [1.82, 2.24) is 0 Å². The van der Waals surface area contributed by atoms with Crippen molar-refractivity contribution in [2.75, 3.05) is 5.73 Å². The molecule has 0 spiro atoms. The number of halogens is 1. The number of hydrogen-bond acceptors (Lipinski definition) is 3. The van der Waals surface area contributed by atoms with E-state index in [4.69, 9.17) is 10.8 Å². The molecule has 0 aromatic heterocycles. The van der Waals surface area contributed by atoms with Gasteiger partial charge in [0, 0.05) is 16.3 Å². The smallest absolute Gasteiger partial charge is 0.338 e. The third kappa shape index (κ3) is 3.30. The van der Waals surface area contributed by atoms with Crippen molar-refractivity contribution in [1.29, 1.82) is 0 Å². The first-order valence-electron chi connectivity index (χ1n) is 5.98. The van der Waals surface area contributed by atoms with Crippen molar-refractivity contribution >= 4 is 23.4 Å². The van der Waals surface area contributed by atoms with Crippen LogP contribution in [0.2, 0.25) is 0 Å². The van der Waals surface area contributed by atoms with Crippen LogP contribution in [0.5, 0.6) is 0 Å². The number of thioether (sulfide) groups is 1. The summed E-state index contributed by atoms with van der Waals surface area (Å²) in [4.78, 5) is 11.8. The van der Waals surface area contributed by atoms with Crippen molar-refractivity contribution in [3.05, 3.63) is 58.9 Å². The average molecular weight is 291 g/mol. The molecule has 0 aliphatic carbocycles. The molecule has 5 heteroatoms. The standard InChI is InChI=1S/C15H14FNO2S/c1-9-2-4-11(17)7-14(9)20-8-10-3-5-12(15(18)19)13(16)6-10/h2-7H,8,17H2,1H3,(H,18,19). The van der Waals surface area contributed by atoms with Gasteiger partial charge in [-0.25, -0.2) is 9.18 Å². The van der Waals surface area contributed by atoms with Gasteiger partial charge in [-0.05, 0) is 42.3 Å². The zero-order valence-corrected chi connectivity index (χ0v) is 11.7. The lowest BCUT2D eigenvalue weighted by molar-refractivity contribution is 0.0692. The molecular weight excluding hydrogens is 277 g/mol. The van der Waals surface area contributed by atoms with E-state index in [2.05, 4.69) is 0 Å². The van der Waals surface area contributed by atoms with Crippen molar-refractivity contribution in [2.45, 2.75) is 17.6 Å². The number of anilines is 1. The first-order chi connectivity index (χ1) is 9.47. The minimum Gasteiger partial charge on any atom is -0.478 e. The van der Waals surface area contributed by atoms with E-state index in [9.17, 15) is 9.18 Å². The first kappa shape index (κ1) is 14.4. The van der Waals surface area contributed by atoms with E-state index < -0.39 is 11.8 Å². The number of carbonyl (C=O) groups is 1. The molecule has 3 nitrogen and oxygen atoms in total. The second kappa shape index (κ2) is 5.96. The molecule has 0 atom stereocenters. The maximum atomic E-state index is 13.6. The number of rotatable bonds is 4. The molecule has 0 saturated heterocycles. The summed E-state index contributed by atoms with van der Waals surface area (Å²) in [7, 11) is 0. The van der Waals surface area contributed by atoms with Crippen LogP contribution in [0.25, 0.3) is 0 Å². The van der Waals surface area contributed by atoms with Crippen LogP contribution in [-0.2, 0) is 5.75 Å². The molecule has 0 saturated carbocycles. The lowest BCUT2D eigenvalue weighted by Crippen LogP contribution is -2.00. The molecule has 0 amide bonds. The van der Waals surface area contributed by atoms with Gasteiger partial charge < -0.3 is 10.8 Å². The summed E-state index contributed by atoms with van der Waals surface area (Å²) in [6.45, 7) is 1.98. The molecule has 3 N–H and O–H groups in total. The lowest BCUT2D eigenvalue weighted by Gasteiger charge is -2.07. The normalized spacial score (nSPS) is 10.5. The fourth-order valence-electron chi connectivity index (χ4n) is 1.76. The monoisotopic (exact) mass is 291 g/mol. The van der Waals surface area contributed by atoms with Gasteiger partial charge in [0.15, 0.2) is 0 Å². The molecular formula is C15H14FNO2S. The molecule has 0 heterocycles. The van der Waals surface area contributed by atoms with Gasteiger partial charge in [-0.15, -0.1) is 11.8 Å². The SMILES string of the molecule is Cc1ccc(N)cc1SCc1ccc(C(=O)O)c(F)c1. The van der Waals surface area contributed by atoms with Crippen LogP contribution < -0.4 is 5.73 Å². The number of benzene rings is 2. The third-order valence-electron chi connectivity index (χ3n) is 2.87. The van der Waals surface area contributed by atoms with E-state index in [-0.39, 0.29) is 5.56 Å². The van der Waals surface area contributed by atoms with Gasteiger partial charge >= 0.3 is 5.97 Å². The predicted octanol–water partition coefficient (Wildman–Crippen LogP) is 3.71. The van der Waals surface area contributed by atoms with E-state index in [1.807, 2.05) is 25.1 Å². The molecule has 2 rings (SSSR count). The zero-order chi connectivity index (χ0) is 14.7. The molecule has 0 radical (unpaired) electrons. The Hall–Kier alpha value is -2.01. The summed E-state index contributed by atoms with van der Waals surface area (Å²) in [6.07, 6.45) is 0. The van der Waals surface area contributed by atoms with E-state index in [1.54, 1.807) is 17.8 Å². The molecule has 0 aliphatic rings. The van der Waals surface area contributed by atoms with Crippen molar-refractivity contribution < 1.29 is 14.3 Å². The Bertz CT molecular complexity index is 658. The number of nitrogens with two attached hydrogens (primary N) is 1. The van der Waals surface area contributed by atoms with Crippen molar-refractivity contribution in [2.24, 2.45) is 0 Å². The largest absolute Gasteiger partial charge is 0.478 e. The fourth-order valence-corrected chi connectivity index (χ4v) is 2.77. The highest BCUT2D eigenvalue weighted by molar-refractivity contribution is 7.98. The van der Waals surface area contributed by atoms with Gasteiger partial charge in [0.05, 0.1) is 5.56 Å². The summed E-state index contributed by atoms with van der Waals surface area (Å²) in [5, 5.41) is 8.77. The molecule has 0 aliphatic heterocycles. The average Bonchev–Trinajstić information content (AvgIpc) is 2.39. The van der Waals surface area contributed by atoms with Crippen LogP contribution in [0.15, 0.2) is 41.3 Å². The number of nitrogen functional groups attached to an aromatic ring is 1. The second-order valence-electron chi connectivity index (χ2n) is 4.43. The molecule has 0 fully saturated rings. The quantitative estimate of drug-likeness (QED) is 0.666. The molecule has 2 aromatic carbocycles. The van der Waals surface area contributed by atoms with Gasteiger partial charge in [0.2, 0.25) is 0 Å². The summed E-state index contributed by atoms with van der Waals surface area (Å²) in [5.41, 5.74) is 7.95. The summed E-state index contributed by atoms with van der Waals surface area (Å²) in [6, 6.07) is 9.83. The molecule has 0 unspecified atom stereocenters. The summed E-state index contributed by atoms with van der Waals surface area (Å²) < 4.78 is 13.6. The second-order valence-corrected chi connectivity index (χ2v) is 5.45. The highest BCUT2D eigenvalue weighted by Gasteiger charge is 2.10. The van der Waals surface area contributed by atoms with Crippen LogP contribution in [0.1, 0.15) is 21.5 Å². The van der Waals surface area contributed by atoms with E-state index in [1.165, 1.54) is 12.1 Å². The number of aryl methyl sites for hydroxylation is 1. The molecule has 2 aromatic rings. The van der Waals surface area contributed by atoms with Crippen molar-refractivity contribution in [3.63, 3.8) is 0 Å². The summed E-state index contributed by atoms with van der Waals surface area (Å²) in [5.74, 6) is -1.41. The van der Waals surface area contributed by atoms with E-state index in [0.717, 1.165) is 16.0 Å². The van der Waals surface area contributed by atoms with E-state index >= 15 is 0 Å². The van der Waals surface area contributed by atoms with Crippen LogP contribution in [0.4, 0.5) is 10.1 Å². The Morgan fingerprint density at radius 3 is 2.70 bits per heavy atom. The Balaban J connectivity index is 2.13. The molecule has 104 valence electrons. The number of aromatic carboxylic acids is 1. The third-order valence-corrected chi connectivity index (χ3v) is 4.10. The van der Waals surface area contributed by atoms with E-state index in [0.29, 0.717) is 11.4 Å². The predicted molar refractivity (Wildman–Crippen MR) is 78.5 cm³/mol. The Labute approximate surface area is 120 Å².